The predicted octanol–water partition coefficient (Wildman–Crippen LogP) is 5.61. The summed E-state index contributed by atoms with van der Waals surface area (Å²) in [5.41, 5.74) is 5.73. The third-order valence-corrected chi connectivity index (χ3v) is 4.31. The van der Waals surface area contributed by atoms with Gasteiger partial charge in [-0.15, -0.1) is 0 Å². The Kier molecular flexibility index (Phi) is 5.21. The van der Waals surface area contributed by atoms with E-state index in [0.29, 0.717) is 5.92 Å². The fourth-order valence-corrected chi connectivity index (χ4v) is 3.04. The number of hydrogen-bond acceptors (Lipinski definition) is 0. The summed E-state index contributed by atoms with van der Waals surface area (Å²) in [6.45, 7) is 4.43. The minimum atomic E-state index is 0.514. The molecule has 19 heavy (non-hydrogen) atoms. The molecule has 0 heterocycles. The van der Waals surface area contributed by atoms with Crippen LogP contribution < -0.4 is 0 Å². The molecule has 2 aromatic rings. The van der Waals surface area contributed by atoms with Gasteiger partial charge in [0, 0.05) is 11.2 Å². The molecule has 0 atom stereocenters. The molecule has 0 aliphatic rings. The monoisotopic (exact) mass is 316 g/mol. The van der Waals surface area contributed by atoms with Crippen molar-refractivity contribution in [3.8, 4) is 0 Å². The van der Waals surface area contributed by atoms with Crippen LogP contribution in [0.1, 0.15) is 41.0 Å². The molecule has 0 unspecified atom stereocenters. The van der Waals surface area contributed by atoms with Gasteiger partial charge in [0.1, 0.15) is 0 Å². The third kappa shape index (κ3) is 3.48. The van der Waals surface area contributed by atoms with Crippen molar-refractivity contribution in [1.29, 1.82) is 0 Å². The molecule has 1 heteroatoms. The highest BCUT2D eigenvalue weighted by Gasteiger charge is 2.16. The second-order valence-corrected chi connectivity index (χ2v) is 5.89. The van der Waals surface area contributed by atoms with E-state index in [9.17, 15) is 0 Å². The Morgan fingerprint density at radius 2 is 1.32 bits per heavy atom. The molecule has 0 spiro atoms. The summed E-state index contributed by atoms with van der Waals surface area (Å²) in [4.78, 5) is 0. The molecule has 0 aliphatic heterocycles. The Bertz CT molecular complexity index is 485. The number of halogens is 1. The van der Waals surface area contributed by atoms with Crippen LogP contribution in [-0.4, -0.2) is 5.33 Å². The van der Waals surface area contributed by atoms with Crippen molar-refractivity contribution < 1.29 is 0 Å². The first kappa shape index (κ1) is 14.3. The molecule has 0 bridgehead atoms. The lowest BCUT2D eigenvalue weighted by atomic mass is 9.83. The Labute approximate surface area is 125 Å². The zero-order valence-electron chi connectivity index (χ0n) is 11.7. The van der Waals surface area contributed by atoms with Crippen LogP contribution in [0, 0.1) is 13.8 Å². The smallest absolute Gasteiger partial charge is 0.00948 e. The second-order valence-electron chi connectivity index (χ2n) is 5.10. The average Bonchev–Trinajstić information content (AvgIpc) is 2.42. The van der Waals surface area contributed by atoms with Crippen molar-refractivity contribution in [2.24, 2.45) is 0 Å². The summed E-state index contributed by atoms with van der Waals surface area (Å²) < 4.78 is 0. The highest BCUT2D eigenvalue weighted by Crippen LogP contribution is 2.33. The maximum absolute atomic E-state index is 3.56. The van der Waals surface area contributed by atoms with Crippen molar-refractivity contribution >= 4 is 15.9 Å². The zero-order valence-corrected chi connectivity index (χ0v) is 13.3. The van der Waals surface area contributed by atoms with Crippen molar-refractivity contribution in [2.45, 2.75) is 32.6 Å². The number of benzene rings is 2. The SMILES string of the molecule is Cc1ccccc1C(CCCBr)c1ccccc1C. The Morgan fingerprint density at radius 1 is 0.842 bits per heavy atom. The Morgan fingerprint density at radius 3 is 1.74 bits per heavy atom. The molecular formula is C18H21Br. The normalized spacial score (nSPS) is 10.9. The fraction of sp³-hybridized carbons (Fsp3) is 0.333. The number of hydrogen-bond donors (Lipinski definition) is 0. The maximum Gasteiger partial charge on any atom is 0.00948 e. The van der Waals surface area contributed by atoms with E-state index < -0.39 is 0 Å². The van der Waals surface area contributed by atoms with Crippen LogP contribution in [0.15, 0.2) is 48.5 Å². The van der Waals surface area contributed by atoms with E-state index in [0.717, 1.165) is 5.33 Å². The highest BCUT2D eigenvalue weighted by molar-refractivity contribution is 9.09. The first-order chi connectivity index (χ1) is 9.24. The molecular weight excluding hydrogens is 296 g/mol. The van der Waals surface area contributed by atoms with Crippen LogP contribution in [0.3, 0.4) is 0 Å². The van der Waals surface area contributed by atoms with Gasteiger partial charge < -0.3 is 0 Å². The molecule has 0 radical (unpaired) electrons. The standard InChI is InChI=1S/C18H21Br/c1-14-8-3-5-10-16(14)18(12-7-13-19)17-11-6-4-9-15(17)2/h3-6,8-11,18H,7,12-13H2,1-2H3. The Hall–Kier alpha value is -1.08. The largest absolute Gasteiger partial charge is 0.0928 e. The van der Waals surface area contributed by atoms with Crippen LogP contribution in [-0.2, 0) is 0 Å². The summed E-state index contributed by atoms with van der Waals surface area (Å²) in [5.74, 6) is 0.514. The predicted molar refractivity (Wildman–Crippen MR) is 87.2 cm³/mol. The maximum atomic E-state index is 3.56. The van der Waals surface area contributed by atoms with E-state index in [1.165, 1.54) is 35.1 Å². The van der Waals surface area contributed by atoms with E-state index in [4.69, 9.17) is 0 Å². The van der Waals surface area contributed by atoms with Gasteiger partial charge in [-0.2, -0.15) is 0 Å². The fourth-order valence-electron chi connectivity index (χ4n) is 2.72. The summed E-state index contributed by atoms with van der Waals surface area (Å²) >= 11 is 3.56. The summed E-state index contributed by atoms with van der Waals surface area (Å²) in [6.07, 6.45) is 2.40. The van der Waals surface area contributed by atoms with E-state index in [1.807, 2.05) is 0 Å². The van der Waals surface area contributed by atoms with Crippen LogP contribution >= 0.6 is 15.9 Å². The molecule has 0 nitrogen and oxygen atoms in total. The van der Waals surface area contributed by atoms with Crippen LogP contribution in [0.2, 0.25) is 0 Å². The molecule has 0 saturated carbocycles. The summed E-state index contributed by atoms with van der Waals surface area (Å²) in [6, 6.07) is 17.5. The summed E-state index contributed by atoms with van der Waals surface area (Å²) in [5, 5.41) is 1.07. The van der Waals surface area contributed by atoms with E-state index in [-0.39, 0.29) is 0 Å². The molecule has 0 aliphatic carbocycles. The highest BCUT2D eigenvalue weighted by atomic mass is 79.9. The molecule has 2 aromatic carbocycles. The van der Waals surface area contributed by atoms with Crippen molar-refractivity contribution in [2.75, 3.05) is 5.33 Å². The average molecular weight is 317 g/mol. The lowest BCUT2D eigenvalue weighted by molar-refractivity contribution is 0.698. The number of rotatable bonds is 5. The number of alkyl halides is 1. The third-order valence-electron chi connectivity index (χ3n) is 3.75. The molecule has 0 N–H and O–H groups in total. The summed E-state index contributed by atoms with van der Waals surface area (Å²) in [7, 11) is 0. The van der Waals surface area contributed by atoms with Crippen molar-refractivity contribution in [3.63, 3.8) is 0 Å². The van der Waals surface area contributed by atoms with Gasteiger partial charge in [0.15, 0.2) is 0 Å². The van der Waals surface area contributed by atoms with E-state index in [2.05, 4.69) is 78.3 Å². The topological polar surface area (TPSA) is 0 Å². The van der Waals surface area contributed by atoms with Crippen molar-refractivity contribution in [1.82, 2.24) is 0 Å². The molecule has 0 saturated heterocycles. The van der Waals surface area contributed by atoms with Gasteiger partial charge in [-0.1, -0.05) is 64.5 Å². The van der Waals surface area contributed by atoms with Gasteiger partial charge in [-0.3, -0.25) is 0 Å². The van der Waals surface area contributed by atoms with Gasteiger partial charge in [0.05, 0.1) is 0 Å². The van der Waals surface area contributed by atoms with Gasteiger partial charge in [0.25, 0.3) is 0 Å². The van der Waals surface area contributed by atoms with Crippen molar-refractivity contribution in [3.05, 3.63) is 70.8 Å². The van der Waals surface area contributed by atoms with E-state index >= 15 is 0 Å². The van der Waals surface area contributed by atoms with E-state index in [1.54, 1.807) is 0 Å². The van der Waals surface area contributed by atoms with Gasteiger partial charge in [-0.25, -0.2) is 0 Å². The quantitative estimate of drug-likeness (QED) is 0.629. The zero-order chi connectivity index (χ0) is 13.7. The molecule has 0 amide bonds. The molecule has 0 fully saturated rings. The first-order valence-electron chi connectivity index (χ1n) is 6.91. The number of aryl methyl sites for hydroxylation is 2. The van der Waals surface area contributed by atoms with Gasteiger partial charge >= 0.3 is 0 Å². The molecule has 100 valence electrons. The minimum Gasteiger partial charge on any atom is -0.0928 e. The van der Waals surface area contributed by atoms with Crippen LogP contribution in [0.4, 0.5) is 0 Å². The van der Waals surface area contributed by atoms with Crippen LogP contribution in [0.25, 0.3) is 0 Å². The van der Waals surface area contributed by atoms with Gasteiger partial charge in [-0.05, 0) is 48.9 Å². The lowest BCUT2D eigenvalue weighted by Crippen LogP contribution is -2.05. The minimum absolute atomic E-state index is 0.514. The molecule has 0 aromatic heterocycles. The lowest BCUT2D eigenvalue weighted by Gasteiger charge is -2.21. The molecule has 2 rings (SSSR count). The van der Waals surface area contributed by atoms with Crippen LogP contribution in [0.5, 0.6) is 0 Å². The Balaban J connectivity index is 2.42. The first-order valence-corrected chi connectivity index (χ1v) is 8.03. The second kappa shape index (κ2) is 6.91. The van der Waals surface area contributed by atoms with Gasteiger partial charge in [0.2, 0.25) is 0 Å².